The van der Waals surface area contributed by atoms with E-state index in [0.29, 0.717) is 22.4 Å². The van der Waals surface area contributed by atoms with Crippen LogP contribution in [0.15, 0.2) is 59.8 Å². The van der Waals surface area contributed by atoms with Crippen LogP contribution in [0, 0.1) is 5.82 Å². The molecule has 1 fully saturated rings. The molecule has 2 aromatic carbocycles. The van der Waals surface area contributed by atoms with E-state index >= 15 is 0 Å². The van der Waals surface area contributed by atoms with E-state index in [1.54, 1.807) is 56.3 Å². The molecule has 1 atom stereocenters. The van der Waals surface area contributed by atoms with Gasteiger partial charge in [0.05, 0.1) is 18.7 Å². The number of amides is 2. The third-order valence-corrected chi connectivity index (χ3v) is 6.07. The number of benzene rings is 2. The summed E-state index contributed by atoms with van der Waals surface area (Å²) < 4.78 is 19.8. The van der Waals surface area contributed by atoms with Crippen molar-refractivity contribution >= 4 is 17.8 Å². The Kier molecular flexibility index (Phi) is 6.58. The highest BCUT2D eigenvalue weighted by Gasteiger charge is 2.38. The quantitative estimate of drug-likeness (QED) is 0.646. The van der Waals surface area contributed by atoms with E-state index in [9.17, 15) is 18.8 Å². The molecule has 33 heavy (non-hydrogen) atoms. The molecule has 1 saturated carbocycles. The Hall–Kier alpha value is -3.48. The lowest BCUT2D eigenvalue weighted by atomic mass is 9.83. The molecule has 1 aliphatic carbocycles. The van der Waals surface area contributed by atoms with Crippen molar-refractivity contribution < 1.29 is 23.5 Å². The van der Waals surface area contributed by atoms with Gasteiger partial charge in [-0.1, -0.05) is 30.3 Å². The van der Waals surface area contributed by atoms with Crippen LogP contribution in [0.5, 0.6) is 0 Å². The first-order valence-corrected chi connectivity index (χ1v) is 11.2. The zero-order valence-electron chi connectivity index (χ0n) is 18.8. The molecule has 0 saturated heterocycles. The minimum Gasteiger partial charge on any atom is -0.463 e. The van der Waals surface area contributed by atoms with Crippen LogP contribution >= 0.6 is 0 Å². The zero-order chi connectivity index (χ0) is 23.5. The predicted molar refractivity (Wildman–Crippen MR) is 121 cm³/mol. The normalized spacial score (nSPS) is 18.3. The van der Waals surface area contributed by atoms with Crippen molar-refractivity contribution in [3.63, 3.8) is 0 Å². The van der Waals surface area contributed by atoms with Gasteiger partial charge >= 0.3 is 5.97 Å². The first kappa shape index (κ1) is 22.7. The van der Waals surface area contributed by atoms with Gasteiger partial charge in [0.25, 0.3) is 5.91 Å². The fourth-order valence-electron chi connectivity index (χ4n) is 4.14. The van der Waals surface area contributed by atoms with Gasteiger partial charge in [0.15, 0.2) is 0 Å². The molecular weight excluding hydrogens is 423 g/mol. The van der Waals surface area contributed by atoms with E-state index < -0.39 is 17.7 Å². The van der Waals surface area contributed by atoms with Crippen LogP contribution < -0.4 is 5.32 Å². The molecule has 172 valence electrons. The average Bonchev–Trinajstić information content (AvgIpc) is 3.61. The lowest BCUT2D eigenvalue weighted by Crippen LogP contribution is -2.38. The Labute approximate surface area is 192 Å². The molecule has 2 aromatic rings. The Morgan fingerprint density at radius 2 is 1.82 bits per heavy atom. The molecule has 1 unspecified atom stereocenters. The highest BCUT2D eigenvalue weighted by molar-refractivity contribution is 5.96. The smallest absolute Gasteiger partial charge is 0.336 e. The van der Waals surface area contributed by atoms with E-state index in [0.717, 1.165) is 18.4 Å². The number of ether oxygens (including phenoxy) is 1. The van der Waals surface area contributed by atoms with Crippen LogP contribution in [-0.2, 0) is 20.9 Å². The monoisotopic (exact) mass is 450 g/mol. The number of rotatable bonds is 7. The van der Waals surface area contributed by atoms with Crippen molar-refractivity contribution in [2.75, 3.05) is 6.61 Å². The second kappa shape index (κ2) is 9.57. The maximum atomic E-state index is 14.5. The predicted octanol–water partition coefficient (Wildman–Crippen LogP) is 4.07. The van der Waals surface area contributed by atoms with Gasteiger partial charge in [-0.25, -0.2) is 9.18 Å². The van der Waals surface area contributed by atoms with Crippen LogP contribution in [0.3, 0.4) is 0 Å². The third kappa shape index (κ3) is 4.97. The lowest BCUT2D eigenvalue weighted by Gasteiger charge is -2.34. The van der Waals surface area contributed by atoms with Gasteiger partial charge in [-0.2, -0.15) is 0 Å². The van der Waals surface area contributed by atoms with Gasteiger partial charge in [-0.05, 0) is 56.0 Å². The summed E-state index contributed by atoms with van der Waals surface area (Å²) in [6, 6.07) is 13.5. The lowest BCUT2D eigenvalue weighted by molar-refractivity contribution is -0.140. The van der Waals surface area contributed by atoms with Crippen LogP contribution in [0.1, 0.15) is 60.5 Å². The number of hydrogen-bond donors (Lipinski definition) is 1. The average molecular weight is 451 g/mol. The topological polar surface area (TPSA) is 75.7 Å². The fourth-order valence-corrected chi connectivity index (χ4v) is 4.14. The van der Waals surface area contributed by atoms with Gasteiger partial charge in [0.1, 0.15) is 5.82 Å². The summed E-state index contributed by atoms with van der Waals surface area (Å²) in [7, 11) is 0. The van der Waals surface area contributed by atoms with E-state index in [-0.39, 0.29) is 37.4 Å². The van der Waals surface area contributed by atoms with Crippen LogP contribution in [-0.4, -0.2) is 35.3 Å². The standard InChI is InChI=1S/C26H27FN2O4/c1-3-33-26(32)24-16(2)29(23(30)14-21(24)20-6-4-5-7-22(20)27)15-17-8-10-18(11-9-17)25(31)28-19-12-13-19/h4-11,19,21H,3,12-15H2,1-2H3,(H,28,31). The molecule has 1 aliphatic heterocycles. The number of halogens is 1. The SMILES string of the molecule is CCOC(=O)C1=C(C)N(Cc2ccc(C(=O)NC3CC3)cc2)C(=O)CC1c1ccccc1F. The van der Waals surface area contributed by atoms with E-state index in [1.165, 1.54) is 11.0 Å². The Morgan fingerprint density at radius 3 is 2.45 bits per heavy atom. The number of nitrogens with zero attached hydrogens (tertiary/aromatic N) is 1. The number of allylic oxidation sites excluding steroid dienone is 1. The summed E-state index contributed by atoms with van der Waals surface area (Å²) in [5, 5.41) is 2.95. The largest absolute Gasteiger partial charge is 0.463 e. The second-order valence-electron chi connectivity index (χ2n) is 8.42. The number of esters is 1. The molecule has 0 radical (unpaired) electrons. The maximum Gasteiger partial charge on any atom is 0.336 e. The van der Waals surface area contributed by atoms with Crippen molar-refractivity contribution in [3.8, 4) is 0 Å². The van der Waals surface area contributed by atoms with Gasteiger partial charge in [-0.15, -0.1) is 0 Å². The van der Waals surface area contributed by atoms with E-state index in [2.05, 4.69) is 5.32 Å². The summed E-state index contributed by atoms with van der Waals surface area (Å²) in [5.74, 6) is -2.02. The van der Waals surface area contributed by atoms with Crippen molar-refractivity contribution in [2.45, 2.75) is 51.6 Å². The number of carbonyl (C=O) groups excluding carboxylic acids is 3. The molecule has 4 rings (SSSR count). The summed E-state index contributed by atoms with van der Waals surface area (Å²) in [5.41, 5.74) is 2.43. The summed E-state index contributed by atoms with van der Waals surface area (Å²) in [6.45, 7) is 3.81. The van der Waals surface area contributed by atoms with Crippen molar-refractivity contribution in [2.24, 2.45) is 0 Å². The molecule has 1 heterocycles. The van der Waals surface area contributed by atoms with Crippen molar-refractivity contribution in [1.29, 1.82) is 0 Å². The minimum atomic E-state index is -0.706. The van der Waals surface area contributed by atoms with Crippen molar-refractivity contribution in [3.05, 3.63) is 82.3 Å². The summed E-state index contributed by atoms with van der Waals surface area (Å²) >= 11 is 0. The van der Waals surface area contributed by atoms with E-state index in [4.69, 9.17) is 4.74 Å². The van der Waals surface area contributed by atoms with Crippen LogP contribution in [0.25, 0.3) is 0 Å². The maximum absolute atomic E-state index is 14.5. The highest BCUT2D eigenvalue weighted by Crippen LogP contribution is 2.38. The summed E-state index contributed by atoms with van der Waals surface area (Å²) in [6.07, 6.45) is 2.00. The van der Waals surface area contributed by atoms with Gasteiger partial charge in [0.2, 0.25) is 5.91 Å². The van der Waals surface area contributed by atoms with Crippen molar-refractivity contribution in [1.82, 2.24) is 10.2 Å². The third-order valence-electron chi connectivity index (χ3n) is 6.07. The molecule has 2 aliphatic rings. The van der Waals surface area contributed by atoms with Gasteiger partial charge < -0.3 is 15.0 Å². The molecular formula is C26H27FN2O4. The molecule has 0 spiro atoms. The van der Waals surface area contributed by atoms with Crippen LogP contribution in [0.4, 0.5) is 4.39 Å². The zero-order valence-corrected chi connectivity index (χ0v) is 18.8. The van der Waals surface area contributed by atoms with E-state index in [1.807, 2.05) is 0 Å². The molecule has 6 nitrogen and oxygen atoms in total. The first-order chi connectivity index (χ1) is 15.9. The molecule has 0 aromatic heterocycles. The molecule has 2 amide bonds. The fraction of sp³-hybridized carbons (Fsp3) is 0.346. The van der Waals surface area contributed by atoms with Crippen LogP contribution in [0.2, 0.25) is 0 Å². The highest BCUT2D eigenvalue weighted by atomic mass is 19.1. The second-order valence-corrected chi connectivity index (χ2v) is 8.42. The Balaban J connectivity index is 1.61. The number of nitrogens with one attached hydrogen (secondary N) is 1. The molecule has 7 heteroatoms. The Morgan fingerprint density at radius 1 is 1.12 bits per heavy atom. The Bertz CT molecular complexity index is 1110. The number of carbonyl (C=O) groups is 3. The van der Waals surface area contributed by atoms with Gasteiger partial charge in [0, 0.05) is 29.6 Å². The molecule has 1 N–H and O–H groups in total. The first-order valence-electron chi connectivity index (χ1n) is 11.2. The minimum absolute atomic E-state index is 0.0334. The summed E-state index contributed by atoms with van der Waals surface area (Å²) in [4.78, 5) is 39.7. The number of hydrogen-bond acceptors (Lipinski definition) is 4. The van der Waals surface area contributed by atoms with Gasteiger partial charge in [-0.3, -0.25) is 9.59 Å². The molecule has 0 bridgehead atoms.